The molecule has 3 rings (SSSR count). The van der Waals surface area contributed by atoms with Crippen LogP contribution < -0.4 is 5.32 Å². The molecule has 2 aromatic heterocycles. The van der Waals surface area contributed by atoms with E-state index in [1.807, 2.05) is 42.6 Å². The fourth-order valence-electron chi connectivity index (χ4n) is 2.62. The van der Waals surface area contributed by atoms with Gasteiger partial charge in [0.1, 0.15) is 0 Å². The summed E-state index contributed by atoms with van der Waals surface area (Å²) in [4.78, 5) is -0.410. The van der Waals surface area contributed by atoms with Crippen LogP contribution in [0.15, 0.2) is 53.6 Å². The third kappa shape index (κ3) is 3.39. The predicted molar refractivity (Wildman–Crippen MR) is 93.8 cm³/mol. The van der Waals surface area contributed by atoms with Gasteiger partial charge in [-0.05, 0) is 42.3 Å². The quantitative estimate of drug-likeness (QED) is 0.708. The second kappa shape index (κ2) is 6.99. The van der Waals surface area contributed by atoms with Crippen LogP contribution in [0, 0.1) is 5.92 Å². The van der Waals surface area contributed by atoms with E-state index in [1.165, 1.54) is 24.3 Å². The molecule has 6 nitrogen and oxygen atoms in total. The third-order valence-electron chi connectivity index (χ3n) is 4.02. The van der Waals surface area contributed by atoms with Gasteiger partial charge in [0.05, 0.1) is 10.9 Å². The number of rotatable bonds is 6. The number of pyridine rings is 1. The molecule has 1 N–H and O–H groups in total. The van der Waals surface area contributed by atoms with E-state index in [0.29, 0.717) is 17.2 Å². The highest BCUT2D eigenvalue weighted by Crippen LogP contribution is 2.27. The number of hydrogen-bond acceptors (Lipinski definition) is 5. The minimum Gasteiger partial charge on any atom is -0.375 e. The van der Waals surface area contributed by atoms with Crippen molar-refractivity contribution in [3.63, 3.8) is 0 Å². The van der Waals surface area contributed by atoms with Crippen LogP contribution in [0.2, 0.25) is 0 Å². The Kier molecular flexibility index (Phi) is 4.90. The van der Waals surface area contributed by atoms with Gasteiger partial charge in [-0.2, -0.15) is 8.78 Å². The highest BCUT2D eigenvalue weighted by Gasteiger charge is 2.27. The first-order chi connectivity index (χ1) is 12.3. The lowest BCUT2D eigenvalue weighted by molar-refractivity contribution is 0.234. The number of benzene rings is 1. The monoisotopic (exact) mass is 380 g/mol. The van der Waals surface area contributed by atoms with Gasteiger partial charge in [0.15, 0.2) is 11.5 Å². The summed E-state index contributed by atoms with van der Waals surface area (Å²) in [5.74, 6) is -2.58. The van der Waals surface area contributed by atoms with Gasteiger partial charge in [0.2, 0.25) is 9.84 Å². The molecule has 2 heterocycles. The summed E-state index contributed by atoms with van der Waals surface area (Å²) in [5.41, 5.74) is 1.32. The topological polar surface area (TPSA) is 76.4 Å². The van der Waals surface area contributed by atoms with Crippen molar-refractivity contribution in [3.05, 3.63) is 54.5 Å². The Morgan fingerprint density at radius 1 is 1.04 bits per heavy atom. The smallest absolute Gasteiger partial charge is 0.341 e. The van der Waals surface area contributed by atoms with Gasteiger partial charge in [-0.1, -0.05) is 19.9 Å². The van der Waals surface area contributed by atoms with Gasteiger partial charge < -0.3 is 5.32 Å². The molecule has 1 atom stereocenters. The summed E-state index contributed by atoms with van der Waals surface area (Å²) in [7, 11) is -4.60. The maximum absolute atomic E-state index is 12.6. The van der Waals surface area contributed by atoms with Crippen LogP contribution in [0.3, 0.4) is 0 Å². The van der Waals surface area contributed by atoms with Crippen molar-refractivity contribution in [3.8, 4) is 0 Å². The lowest BCUT2D eigenvalue weighted by Crippen LogP contribution is -2.20. The first-order valence-electron chi connectivity index (χ1n) is 7.99. The molecule has 1 aromatic carbocycles. The summed E-state index contributed by atoms with van der Waals surface area (Å²) in [6, 6.07) is 10.7. The predicted octanol–water partition coefficient (Wildman–Crippen LogP) is 3.53. The molecule has 0 bridgehead atoms. The van der Waals surface area contributed by atoms with Crippen molar-refractivity contribution in [2.24, 2.45) is 5.92 Å². The second-order valence-electron chi connectivity index (χ2n) is 6.18. The zero-order valence-corrected chi connectivity index (χ0v) is 15.0. The maximum Gasteiger partial charge on any atom is 0.341 e. The molecule has 138 valence electrons. The van der Waals surface area contributed by atoms with Gasteiger partial charge >= 0.3 is 5.76 Å². The van der Waals surface area contributed by atoms with E-state index < -0.39 is 20.5 Å². The third-order valence-corrected chi connectivity index (χ3v) is 5.42. The molecule has 0 amide bonds. The van der Waals surface area contributed by atoms with Crippen molar-refractivity contribution >= 4 is 21.2 Å². The molecule has 0 aliphatic heterocycles. The Hall–Kier alpha value is -2.55. The van der Waals surface area contributed by atoms with Gasteiger partial charge in [-0.25, -0.2) is 8.42 Å². The Labute approximate surface area is 149 Å². The molecular formula is C17H18F2N4O2S. The lowest BCUT2D eigenvalue weighted by atomic mass is 10.0. The minimum atomic E-state index is -4.60. The number of anilines is 1. The van der Waals surface area contributed by atoms with Crippen molar-refractivity contribution in [1.82, 2.24) is 14.6 Å². The Morgan fingerprint density at radius 2 is 1.73 bits per heavy atom. The normalized spacial score (nSPS) is 13.5. The molecule has 1 unspecified atom stereocenters. The first kappa shape index (κ1) is 18.2. The van der Waals surface area contributed by atoms with Crippen LogP contribution in [0.1, 0.15) is 25.7 Å². The van der Waals surface area contributed by atoms with Crippen molar-refractivity contribution in [2.75, 3.05) is 5.32 Å². The number of hydrogen-bond donors (Lipinski definition) is 1. The number of halogens is 2. The Bertz CT molecular complexity index is 1000. The summed E-state index contributed by atoms with van der Waals surface area (Å²) >= 11 is 0. The van der Waals surface area contributed by atoms with Crippen molar-refractivity contribution in [2.45, 2.75) is 30.5 Å². The zero-order chi connectivity index (χ0) is 18.9. The summed E-state index contributed by atoms with van der Waals surface area (Å²) in [5, 5.41) is 11.7. The van der Waals surface area contributed by atoms with E-state index in [4.69, 9.17) is 0 Å². The van der Waals surface area contributed by atoms with E-state index in [0.717, 1.165) is 0 Å². The molecule has 0 aliphatic rings. The van der Waals surface area contributed by atoms with E-state index in [1.54, 1.807) is 0 Å². The first-order valence-corrected chi connectivity index (χ1v) is 9.53. The number of aromatic nitrogens is 3. The Morgan fingerprint density at radius 3 is 2.35 bits per heavy atom. The fraction of sp³-hybridized carbons (Fsp3) is 0.294. The summed E-state index contributed by atoms with van der Waals surface area (Å²) in [6.07, 6.45) is 1.86. The van der Waals surface area contributed by atoms with Gasteiger partial charge in [0.25, 0.3) is 0 Å². The van der Waals surface area contributed by atoms with Crippen molar-refractivity contribution < 1.29 is 17.2 Å². The van der Waals surface area contributed by atoms with E-state index in [2.05, 4.69) is 15.5 Å². The number of fused-ring (bicyclic) bond motifs is 1. The molecule has 0 radical (unpaired) electrons. The number of nitrogens with one attached hydrogen (secondary N) is 1. The average Bonchev–Trinajstić information content (AvgIpc) is 3.03. The van der Waals surface area contributed by atoms with Crippen LogP contribution in [-0.4, -0.2) is 28.8 Å². The molecule has 0 fully saturated rings. The molecule has 9 heteroatoms. The van der Waals surface area contributed by atoms with Crippen LogP contribution in [0.25, 0.3) is 5.65 Å². The molecular weight excluding hydrogens is 362 g/mol. The summed E-state index contributed by atoms with van der Waals surface area (Å²) < 4.78 is 50.2. The fourth-order valence-corrected chi connectivity index (χ4v) is 3.35. The zero-order valence-electron chi connectivity index (χ0n) is 14.2. The SMILES string of the molecule is CC(C)C(Nc1ccc(S(=O)(=O)C(F)F)cc1)c1nnc2ccccn12. The number of nitrogens with zero attached hydrogens (tertiary/aromatic N) is 3. The Balaban J connectivity index is 1.90. The van der Waals surface area contributed by atoms with Crippen molar-refractivity contribution in [1.29, 1.82) is 0 Å². The van der Waals surface area contributed by atoms with E-state index >= 15 is 0 Å². The van der Waals surface area contributed by atoms with Gasteiger partial charge in [0, 0.05) is 11.9 Å². The minimum absolute atomic E-state index is 0.145. The van der Waals surface area contributed by atoms with Gasteiger partial charge in [-0.3, -0.25) is 4.40 Å². The van der Waals surface area contributed by atoms with E-state index in [-0.39, 0.29) is 12.0 Å². The highest BCUT2D eigenvalue weighted by molar-refractivity contribution is 7.91. The lowest BCUT2D eigenvalue weighted by Gasteiger charge is -2.22. The standard InChI is InChI=1S/C17H18F2N4O2S/c1-11(2)15(16-22-21-14-5-3-4-10-23(14)16)20-12-6-8-13(9-7-12)26(24,25)17(18)19/h3-11,15,17,20H,1-2H3. The molecule has 3 aromatic rings. The molecule has 0 aliphatic carbocycles. The van der Waals surface area contributed by atoms with Crippen LogP contribution in [0.4, 0.5) is 14.5 Å². The van der Waals surface area contributed by atoms with Gasteiger partial charge in [-0.15, -0.1) is 10.2 Å². The highest BCUT2D eigenvalue weighted by atomic mass is 32.2. The van der Waals surface area contributed by atoms with Crippen LogP contribution >= 0.6 is 0 Å². The average molecular weight is 380 g/mol. The van der Waals surface area contributed by atoms with Crippen LogP contribution in [0.5, 0.6) is 0 Å². The molecule has 26 heavy (non-hydrogen) atoms. The van der Waals surface area contributed by atoms with Crippen LogP contribution in [-0.2, 0) is 9.84 Å². The molecule has 0 saturated heterocycles. The summed E-state index contributed by atoms with van der Waals surface area (Å²) in [6.45, 7) is 4.02. The van der Waals surface area contributed by atoms with E-state index in [9.17, 15) is 17.2 Å². The number of sulfone groups is 1. The molecule has 0 saturated carbocycles. The number of alkyl halides is 2. The molecule has 0 spiro atoms. The maximum atomic E-state index is 12.6. The largest absolute Gasteiger partial charge is 0.375 e. The second-order valence-corrected chi connectivity index (χ2v) is 8.10.